The van der Waals surface area contributed by atoms with Gasteiger partial charge in [-0.2, -0.15) is 11.8 Å². The molecule has 2 heterocycles. The van der Waals surface area contributed by atoms with E-state index in [4.69, 9.17) is 4.74 Å². The van der Waals surface area contributed by atoms with E-state index in [0.29, 0.717) is 0 Å². The minimum Gasteiger partial charge on any atom is -0.381 e. The first-order chi connectivity index (χ1) is 11.2. The molecule has 0 radical (unpaired) electrons. The SMILES string of the molecule is CCSC1(CNC(=O)[C@H]2NCCc3ccccc32)CCOCC1. The monoisotopic (exact) mass is 334 g/mol. The predicted octanol–water partition coefficient (Wildman–Crippen LogP) is 2.29. The Morgan fingerprint density at radius 3 is 2.96 bits per heavy atom. The Labute approximate surface area is 142 Å². The molecule has 1 aromatic carbocycles. The lowest BCUT2D eigenvalue weighted by Gasteiger charge is -2.37. The molecule has 23 heavy (non-hydrogen) atoms. The van der Waals surface area contributed by atoms with Crippen molar-refractivity contribution in [3.8, 4) is 0 Å². The van der Waals surface area contributed by atoms with Gasteiger partial charge in [0.15, 0.2) is 0 Å². The molecule has 5 heteroatoms. The molecule has 0 aliphatic carbocycles. The number of ether oxygens (including phenoxy) is 1. The van der Waals surface area contributed by atoms with Gasteiger partial charge < -0.3 is 15.4 Å². The largest absolute Gasteiger partial charge is 0.381 e. The van der Waals surface area contributed by atoms with E-state index in [1.807, 2.05) is 23.9 Å². The average Bonchev–Trinajstić information content (AvgIpc) is 2.60. The molecular formula is C18H26N2O2S. The Hall–Kier alpha value is -1.04. The fourth-order valence-electron chi connectivity index (χ4n) is 3.51. The van der Waals surface area contributed by atoms with E-state index in [1.54, 1.807) is 0 Å². The summed E-state index contributed by atoms with van der Waals surface area (Å²) in [6.45, 7) is 5.37. The minimum atomic E-state index is -0.219. The van der Waals surface area contributed by atoms with Crippen LogP contribution in [0, 0.1) is 0 Å². The summed E-state index contributed by atoms with van der Waals surface area (Å²) < 4.78 is 5.64. The van der Waals surface area contributed by atoms with Gasteiger partial charge in [0.05, 0.1) is 0 Å². The van der Waals surface area contributed by atoms with Crippen molar-refractivity contribution in [1.82, 2.24) is 10.6 Å². The Morgan fingerprint density at radius 2 is 2.17 bits per heavy atom. The fourth-order valence-corrected chi connectivity index (χ4v) is 4.75. The van der Waals surface area contributed by atoms with Crippen molar-refractivity contribution in [1.29, 1.82) is 0 Å². The highest BCUT2D eigenvalue weighted by Gasteiger charge is 2.34. The maximum atomic E-state index is 12.7. The predicted molar refractivity (Wildman–Crippen MR) is 94.8 cm³/mol. The topological polar surface area (TPSA) is 50.4 Å². The third kappa shape index (κ3) is 3.90. The summed E-state index contributed by atoms with van der Waals surface area (Å²) in [6, 6.07) is 8.04. The normalized spacial score (nSPS) is 23.1. The first-order valence-electron chi connectivity index (χ1n) is 8.55. The van der Waals surface area contributed by atoms with Crippen LogP contribution in [0.1, 0.15) is 36.9 Å². The highest BCUT2D eigenvalue weighted by Crippen LogP contribution is 2.35. The zero-order valence-corrected chi connectivity index (χ0v) is 14.6. The van der Waals surface area contributed by atoms with Crippen LogP contribution in [0.5, 0.6) is 0 Å². The second kappa shape index (κ2) is 7.69. The molecule has 1 saturated heterocycles. The van der Waals surface area contributed by atoms with Crippen LogP contribution < -0.4 is 10.6 Å². The van der Waals surface area contributed by atoms with Crippen LogP contribution in [-0.2, 0) is 16.0 Å². The molecule has 1 fully saturated rings. The molecule has 0 bridgehead atoms. The maximum absolute atomic E-state index is 12.7. The van der Waals surface area contributed by atoms with Crippen LogP contribution in [0.25, 0.3) is 0 Å². The van der Waals surface area contributed by atoms with Gasteiger partial charge in [-0.1, -0.05) is 31.2 Å². The van der Waals surface area contributed by atoms with E-state index in [-0.39, 0.29) is 16.7 Å². The first kappa shape index (κ1) is 16.8. The van der Waals surface area contributed by atoms with Gasteiger partial charge in [-0.25, -0.2) is 0 Å². The average molecular weight is 334 g/mol. The van der Waals surface area contributed by atoms with E-state index in [0.717, 1.165) is 56.9 Å². The number of fused-ring (bicyclic) bond motifs is 1. The first-order valence-corrected chi connectivity index (χ1v) is 9.53. The number of carbonyl (C=O) groups is 1. The van der Waals surface area contributed by atoms with Crippen LogP contribution >= 0.6 is 11.8 Å². The van der Waals surface area contributed by atoms with E-state index >= 15 is 0 Å². The fraction of sp³-hybridized carbons (Fsp3) is 0.611. The number of hydrogen-bond donors (Lipinski definition) is 2. The zero-order chi connectivity index (χ0) is 16.1. The smallest absolute Gasteiger partial charge is 0.241 e. The lowest BCUT2D eigenvalue weighted by Crippen LogP contribution is -2.48. The van der Waals surface area contributed by atoms with E-state index in [1.165, 1.54) is 5.56 Å². The van der Waals surface area contributed by atoms with Gasteiger partial charge in [0, 0.05) is 31.1 Å². The number of nitrogens with one attached hydrogen (secondary N) is 2. The zero-order valence-electron chi connectivity index (χ0n) is 13.8. The minimum absolute atomic E-state index is 0.0970. The van der Waals surface area contributed by atoms with Gasteiger partial charge in [0.1, 0.15) is 6.04 Å². The van der Waals surface area contributed by atoms with E-state index < -0.39 is 0 Å². The van der Waals surface area contributed by atoms with Crippen molar-refractivity contribution in [2.75, 3.05) is 32.1 Å². The van der Waals surface area contributed by atoms with E-state index in [9.17, 15) is 4.79 Å². The summed E-state index contributed by atoms with van der Waals surface area (Å²) in [6.07, 6.45) is 3.02. The standard InChI is InChI=1S/C18H26N2O2S/c1-2-23-18(8-11-22-12-9-18)13-20-17(21)16-15-6-4-3-5-14(15)7-10-19-16/h3-6,16,19H,2,7-13H2,1H3,(H,20,21)/t16-/m0/s1. The van der Waals surface area contributed by atoms with Crippen molar-refractivity contribution in [3.63, 3.8) is 0 Å². The molecule has 2 N–H and O–H groups in total. The summed E-state index contributed by atoms with van der Waals surface area (Å²) in [5.74, 6) is 1.17. The maximum Gasteiger partial charge on any atom is 0.241 e. The Balaban J connectivity index is 1.65. The van der Waals surface area contributed by atoms with Gasteiger partial charge in [-0.3, -0.25) is 4.79 Å². The summed E-state index contributed by atoms with van der Waals surface area (Å²) in [5, 5.41) is 6.57. The molecule has 3 rings (SSSR count). The third-order valence-electron chi connectivity index (χ3n) is 4.81. The molecule has 0 saturated carbocycles. The van der Waals surface area contributed by atoms with Gasteiger partial charge in [0.2, 0.25) is 5.91 Å². The molecule has 2 aliphatic heterocycles. The summed E-state index contributed by atoms with van der Waals surface area (Å²) in [4.78, 5) is 12.7. The van der Waals surface area contributed by atoms with Crippen LogP contribution in [0.2, 0.25) is 0 Å². The number of thioether (sulfide) groups is 1. The number of hydrogen-bond acceptors (Lipinski definition) is 4. The molecule has 2 aliphatic rings. The summed E-state index contributed by atoms with van der Waals surface area (Å²) in [7, 11) is 0. The van der Waals surface area contributed by atoms with Crippen molar-refractivity contribution in [2.45, 2.75) is 37.0 Å². The van der Waals surface area contributed by atoms with Gasteiger partial charge in [-0.15, -0.1) is 0 Å². The number of rotatable bonds is 5. The van der Waals surface area contributed by atoms with Crippen LogP contribution in [0.4, 0.5) is 0 Å². The quantitative estimate of drug-likeness (QED) is 0.867. The Kier molecular flexibility index (Phi) is 5.62. The van der Waals surface area contributed by atoms with Gasteiger partial charge in [-0.05, 0) is 36.1 Å². The van der Waals surface area contributed by atoms with Crippen LogP contribution in [0.3, 0.4) is 0 Å². The molecule has 1 amide bonds. The third-order valence-corrected chi connectivity index (χ3v) is 6.26. The summed E-state index contributed by atoms with van der Waals surface area (Å²) in [5.41, 5.74) is 2.41. The highest BCUT2D eigenvalue weighted by molar-refractivity contribution is 8.00. The summed E-state index contributed by atoms with van der Waals surface area (Å²) >= 11 is 1.96. The second-order valence-electron chi connectivity index (χ2n) is 6.28. The molecule has 126 valence electrons. The van der Waals surface area contributed by atoms with E-state index in [2.05, 4.69) is 29.7 Å². The second-order valence-corrected chi connectivity index (χ2v) is 8.01. The van der Waals surface area contributed by atoms with Crippen molar-refractivity contribution in [2.24, 2.45) is 0 Å². The molecule has 0 unspecified atom stereocenters. The Bertz CT molecular complexity index is 538. The Morgan fingerprint density at radius 1 is 1.39 bits per heavy atom. The molecule has 1 aromatic rings. The molecule has 0 spiro atoms. The number of benzene rings is 1. The lowest BCUT2D eigenvalue weighted by atomic mass is 9.93. The van der Waals surface area contributed by atoms with Crippen molar-refractivity contribution in [3.05, 3.63) is 35.4 Å². The van der Waals surface area contributed by atoms with Crippen LogP contribution in [0.15, 0.2) is 24.3 Å². The molecule has 4 nitrogen and oxygen atoms in total. The van der Waals surface area contributed by atoms with Crippen molar-refractivity contribution >= 4 is 17.7 Å². The number of amides is 1. The van der Waals surface area contributed by atoms with Crippen molar-refractivity contribution < 1.29 is 9.53 Å². The molecule has 1 atom stereocenters. The highest BCUT2D eigenvalue weighted by atomic mass is 32.2. The lowest BCUT2D eigenvalue weighted by molar-refractivity contribution is -0.123. The van der Waals surface area contributed by atoms with Gasteiger partial charge >= 0.3 is 0 Å². The van der Waals surface area contributed by atoms with Crippen LogP contribution in [-0.4, -0.2) is 42.7 Å². The number of carbonyl (C=O) groups excluding carboxylic acids is 1. The molecule has 0 aromatic heterocycles. The van der Waals surface area contributed by atoms with Gasteiger partial charge in [0.25, 0.3) is 0 Å². The molecular weight excluding hydrogens is 308 g/mol.